The molecule has 0 aromatic carbocycles. The molecule has 1 heterocycles. The zero-order chi connectivity index (χ0) is 42.7. The number of unbranched alkanes of at least 4 members (excludes halogenated alkanes) is 2. The highest BCUT2D eigenvalue weighted by Gasteiger charge is 2.46. The van der Waals surface area contributed by atoms with Gasteiger partial charge in [0, 0.05) is 6.42 Å². The minimum atomic E-state index is -4.62. The van der Waals surface area contributed by atoms with Crippen LogP contribution < -0.4 is 0 Å². The predicted octanol–water partition coefficient (Wildman–Crippen LogP) is 7.66. The van der Waals surface area contributed by atoms with Crippen molar-refractivity contribution in [2.24, 2.45) is 0 Å². The highest BCUT2D eigenvalue weighted by molar-refractivity contribution is 7.85. The number of aliphatic hydroxyl groups is 3. The molecule has 6 unspecified atom stereocenters. The smallest absolute Gasteiger partial charge is 0.310 e. The van der Waals surface area contributed by atoms with E-state index >= 15 is 0 Å². The first-order valence-corrected chi connectivity index (χ1v) is 22.1. The van der Waals surface area contributed by atoms with Gasteiger partial charge in [0.25, 0.3) is 10.1 Å². The van der Waals surface area contributed by atoms with Crippen molar-refractivity contribution in [2.45, 2.75) is 141 Å². The number of rotatable bonds is 31. The van der Waals surface area contributed by atoms with Crippen LogP contribution in [0.4, 0.5) is 0 Å². The van der Waals surface area contributed by atoms with E-state index in [0.717, 1.165) is 64.2 Å². The molecule has 4 N–H and O–H groups in total. The Hall–Kier alpha value is -3.69. The van der Waals surface area contributed by atoms with Gasteiger partial charge in [0.2, 0.25) is 0 Å². The van der Waals surface area contributed by atoms with Gasteiger partial charge in [-0.1, -0.05) is 123 Å². The summed E-state index contributed by atoms with van der Waals surface area (Å²) in [5.41, 5.74) is 0. The number of allylic oxidation sites excluding steroid dienone is 17. The van der Waals surface area contributed by atoms with Crippen LogP contribution in [0.25, 0.3) is 0 Å². The molecule has 1 rings (SSSR count). The molecule has 0 aliphatic carbocycles. The van der Waals surface area contributed by atoms with Crippen LogP contribution in [-0.4, -0.2) is 96.0 Å². The van der Waals surface area contributed by atoms with E-state index in [9.17, 15) is 37.9 Å². The molecule has 0 radical (unpaired) electrons. The first-order valence-electron chi connectivity index (χ1n) is 20.4. The largest absolute Gasteiger partial charge is 0.462 e. The quantitative estimate of drug-likeness (QED) is 0.0232. The summed E-state index contributed by atoms with van der Waals surface area (Å²) in [6.45, 7) is 3.37. The third-order valence-corrected chi connectivity index (χ3v) is 9.13. The number of ether oxygens (including phenoxy) is 4. The van der Waals surface area contributed by atoms with Crippen molar-refractivity contribution >= 4 is 22.1 Å². The third kappa shape index (κ3) is 28.7. The maximum atomic E-state index is 12.7. The Balaban J connectivity index is 2.61. The minimum absolute atomic E-state index is 0.0842. The standard InChI is InChI=1S/C45H68O12S/c1-3-5-7-9-11-13-15-17-19-21-23-25-27-29-31-33-40(46)54-35-38(36-55-45-44(50)43(49)42(48)39(57-45)37-58(51,52)53)56-41(47)34-32-30-28-26-24-22-20-18-16-14-12-10-8-6-4-2/h5-8,11-14,17-20,23-26,30,32,38-39,42-45,48-50H,3-4,9-10,15-16,21-22,27-29,31,33-37H2,1-2H3,(H,51,52,53)/b7-5-,8-6-,13-11-,14-12-,19-17-,20-18-,25-23-,26-24-,32-30-. The zero-order valence-electron chi connectivity index (χ0n) is 34.3. The van der Waals surface area contributed by atoms with Crippen molar-refractivity contribution in [3.05, 3.63) is 109 Å². The molecule has 0 aromatic heterocycles. The number of hydrogen-bond donors (Lipinski definition) is 4. The van der Waals surface area contributed by atoms with Gasteiger partial charge in [-0.05, 0) is 77.0 Å². The van der Waals surface area contributed by atoms with Crippen molar-refractivity contribution < 1.29 is 56.8 Å². The molecule has 0 spiro atoms. The summed E-state index contributed by atoms with van der Waals surface area (Å²) < 4.78 is 53.7. The molecule has 6 atom stereocenters. The molecule has 0 amide bonds. The SMILES string of the molecule is CC/C=C\C/C=C\C/C=C\C/C=C\C/C=C\CC(=O)OC(COC(=O)CCCC/C=C\C/C=C\C/C=C\C/C=C\CC)COC1OC(CS(=O)(=O)O)C(O)C(O)C1O. The van der Waals surface area contributed by atoms with Gasteiger partial charge in [0.1, 0.15) is 36.8 Å². The van der Waals surface area contributed by atoms with E-state index < -0.39 is 71.2 Å². The molecule has 13 heteroatoms. The van der Waals surface area contributed by atoms with Crippen LogP contribution in [0.2, 0.25) is 0 Å². The fourth-order valence-electron chi connectivity index (χ4n) is 5.27. The van der Waals surface area contributed by atoms with Gasteiger partial charge in [0.15, 0.2) is 12.4 Å². The van der Waals surface area contributed by atoms with E-state index in [1.807, 2.05) is 18.2 Å². The summed E-state index contributed by atoms with van der Waals surface area (Å²) in [7, 11) is -4.62. The molecule has 58 heavy (non-hydrogen) atoms. The lowest BCUT2D eigenvalue weighted by molar-refractivity contribution is -0.297. The number of carbonyl (C=O) groups is 2. The normalized spacial score (nSPS) is 21.5. The van der Waals surface area contributed by atoms with Crippen LogP contribution >= 0.6 is 0 Å². The Bertz CT molecular complexity index is 1490. The zero-order valence-corrected chi connectivity index (χ0v) is 35.2. The number of aliphatic hydroxyl groups excluding tert-OH is 3. The Kier molecular flexibility index (Phi) is 30.9. The lowest BCUT2D eigenvalue weighted by Gasteiger charge is -2.40. The van der Waals surface area contributed by atoms with E-state index in [1.54, 1.807) is 6.08 Å². The molecule has 1 aliphatic rings. The first kappa shape index (κ1) is 52.3. The molecule has 0 aromatic rings. The summed E-state index contributed by atoms with van der Waals surface area (Å²) in [4.78, 5) is 25.2. The summed E-state index contributed by atoms with van der Waals surface area (Å²) in [6.07, 6.45) is 37.4. The van der Waals surface area contributed by atoms with Crippen molar-refractivity contribution in [1.82, 2.24) is 0 Å². The molecule has 326 valence electrons. The maximum Gasteiger partial charge on any atom is 0.310 e. The van der Waals surface area contributed by atoms with Crippen LogP contribution in [0.15, 0.2) is 109 Å². The maximum absolute atomic E-state index is 12.7. The van der Waals surface area contributed by atoms with Crippen molar-refractivity contribution in [3.63, 3.8) is 0 Å². The van der Waals surface area contributed by atoms with Gasteiger partial charge in [-0.25, -0.2) is 0 Å². The molecule has 1 aliphatic heterocycles. The minimum Gasteiger partial charge on any atom is -0.462 e. The summed E-state index contributed by atoms with van der Waals surface area (Å²) in [5, 5.41) is 30.8. The average Bonchev–Trinajstić information content (AvgIpc) is 3.18. The van der Waals surface area contributed by atoms with E-state index in [0.29, 0.717) is 12.8 Å². The van der Waals surface area contributed by atoms with Gasteiger partial charge in [-0.3, -0.25) is 14.1 Å². The Labute approximate surface area is 346 Å². The summed E-state index contributed by atoms with van der Waals surface area (Å²) in [5.74, 6) is -2.22. The number of hydrogen-bond acceptors (Lipinski definition) is 11. The van der Waals surface area contributed by atoms with Crippen molar-refractivity contribution in [2.75, 3.05) is 19.0 Å². The predicted molar refractivity (Wildman–Crippen MR) is 228 cm³/mol. The monoisotopic (exact) mass is 832 g/mol. The van der Waals surface area contributed by atoms with E-state index in [2.05, 4.69) is 98.9 Å². The van der Waals surface area contributed by atoms with Crippen LogP contribution in [-0.2, 0) is 38.7 Å². The van der Waals surface area contributed by atoms with Gasteiger partial charge in [-0.2, -0.15) is 8.42 Å². The lowest BCUT2D eigenvalue weighted by atomic mass is 10.00. The number of esters is 2. The highest BCUT2D eigenvalue weighted by atomic mass is 32.2. The van der Waals surface area contributed by atoms with Gasteiger partial charge < -0.3 is 34.3 Å². The summed E-state index contributed by atoms with van der Waals surface area (Å²) in [6, 6.07) is 0. The number of carbonyl (C=O) groups excluding carboxylic acids is 2. The second-order valence-corrected chi connectivity index (χ2v) is 15.0. The third-order valence-electron chi connectivity index (χ3n) is 8.38. The van der Waals surface area contributed by atoms with Crippen LogP contribution in [0.1, 0.15) is 104 Å². The molecule has 0 bridgehead atoms. The van der Waals surface area contributed by atoms with Gasteiger partial charge in [0.05, 0.1) is 13.0 Å². The highest BCUT2D eigenvalue weighted by Crippen LogP contribution is 2.23. The van der Waals surface area contributed by atoms with E-state index in [4.69, 9.17) is 18.9 Å². The van der Waals surface area contributed by atoms with Crippen molar-refractivity contribution in [1.29, 1.82) is 0 Å². The van der Waals surface area contributed by atoms with Crippen molar-refractivity contribution in [3.8, 4) is 0 Å². The van der Waals surface area contributed by atoms with Gasteiger partial charge >= 0.3 is 11.9 Å². The topological polar surface area (TPSA) is 186 Å². The molecule has 1 saturated heterocycles. The van der Waals surface area contributed by atoms with E-state index in [-0.39, 0.29) is 19.4 Å². The molecular formula is C45H68O12S. The fourth-order valence-corrected chi connectivity index (χ4v) is 5.96. The fraction of sp³-hybridized carbons (Fsp3) is 0.556. The van der Waals surface area contributed by atoms with Crippen LogP contribution in [0.5, 0.6) is 0 Å². The average molecular weight is 833 g/mol. The Morgan fingerprint density at radius 3 is 1.55 bits per heavy atom. The summed E-state index contributed by atoms with van der Waals surface area (Å²) >= 11 is 0. The van der Waals surface area contributed by atoms with Crippen LogP contribution in [0, 0.1) is 0 Å². The Morgan fingerprint density at radius 1 is 0.603 bits per heavy atom. The van der Waals surface area contributed by atoms with Gasteiger partial charge in [-0.15, -0.1) is 0 Å². The first-order chi connectivity index (χ1) is 28.0. The molecule has 12 nitrogen and oxygen atoms in total. The van der Waals surface area contributed by atoms with Crippen LogP contribution in [0.3, 0.4) is 0 Å². The molecular weight excluding hydrogens is 765 g/mol. The molecule has 1 fully saturated rings. The Morgan fingerprint density at radius 2 is 1.07 bits per heavy atom. The second kappa shape index (κ2) is 34.2. The van der Waals surface area contributed by atoms with E-state index in [1.165, 1.54) is 0 Å². The second-order valence-electron chi connectivity index (χ2n) is 13.6. The lowest BCUT2D eigenvalue weighted by Crippen LogP contribution is -2.60. The molecule has 0 saturated carbocycles.